The van der Waals surface area contributed by atoms with Crippen molar-refractivity contribution in [3.8, 4) is 11.5 Å². The molecule has 0 aliphatic carbocycles. The third-order valence-electron chi connectivity index (χ3n) is 4.46. The molecule has 2 aromatic carbocycles. The van der Waals surface area contributed by atoms with E-state index in [1.807, 2.05) is 19.1 Å². The molecule has 2 aromatic rings. The van der Waals surface area contributed by atoms with Crippen LogP contribution in [-0.2, 0) is 9.59 Å². The normalized spacial score (nSPS) is 16.0. The molecule has 1 saturated heterocycles. The Balaban J connectivity index is 2.05. The maximum absolute atomic E-state index is 13.1. The number of anilines is 1. The number of methoxy groups -OCH3 is 2. The molecule has 0 radical (unpaired) electrons. The van der Waals surface area contributed by atoms with Crippen LogP contribution in [0.15, 0.2) is 48.0 Å². The van der Waals surface area contributed by atoms with E-state index in [0.29, 0.717) is 22.7 Å². The zero-order valence-electron chi connectivity index (χ0n) is 16.1. The van der Waals surface area contributed by atoms with Crippen molar-refractivity contribution in [2.75, 3.05) is 26.2 Å². The van der Waals surface area contributed by atoms with Crippen LogP contribution in [0.4, 0.5) is 5.69 Å². The molecule has 1 aliphatic heterocycles. The average molecular weight is 396 g/mol. The second kappa shape index (κ2) is 7.82. The standard InChI is InChI=1S/C21H20N2O4S/c1-13-5-8-15(9-6-13)23-20(25)16(19(24)22(2)21(23)28)11-14-7-10-17(26-3)18(12-14)27-4/h5-12H,1-4H3/b16-11+. The zero-order valence-corrected chi connectivity index (χ0v) is 16.9. The Morgan fingerprint density at radius 3 is 2.18 bits per heavy atom. The first-order valence-electron chi connectivity index (χ1n) is 8.54. The fraction of sp³-hybridized carbons (Fsp3) is 0.190. The van der Waals surface area contributed by atoms with Gasteiger partial charge in [-0.2, -0.15) is 0 Å². The first kappa shape index (κ1) is 19.6. The van der Waals surface area contributed by atoms with Crippen LogP contribution >= 0.6 is 12.2 Å². The molecule has 0 bridgehead atoms. The van der Waals surface area contributed by atoms with E-state index in [0.717, 1.165) is 5.56 Å². The third-order valence-corrected chi connectivity index (χ3v) is 4.91. The molecule has 0 saturated carbocycles. The summed E-state index contributed by atoms with van der Waals surface area (Å²) in [5.41, 5.74) is 2.33. The van der Waals surface area contributed by atoms with Gasteiger partial charge in [-0.3, -0.25) is 19.4 Å². The number of rotatable bonds is 4. The van der Waals surface area contributed by atoms with Crippen molar-refractivity contribution >= 4 is 40.9 Å². The summed E-state index contributed by atoms with van der Waals surface area (Å²) in [5.74, 6) is 0.150. The Kier molecular flexibility index (Phi) is 5.46. The second-order valence-corrected chi connectivity index (χ2v) is 6.66. The third kappa shape index (κ3) is 3.48. The Labute approximate surface area is 169 Å². The van der Waals surface area contributed by atoms with Gasteiger partial charge in [-0.25, -0.2) is 0 Å². The highest BCUT2D eigenvalue weighted by Crippen LogP contribution is 2.30. The van der Waals surface area contributed by atoms with Crippen molar-refractivity contribution < 1.29 is 19.1 Å². The summed E-state index contributed by atoms with van der Waals surface area (Å²) in [4.78, 5) is 28.5. The van der Waals surface area contributed by atoms with Crippen molar-refractivity contribution in [1.29, 1.82) is 0 Å². The van der Waals surface area contributed by atoms with Crippen LogP contribution in [-0.4, -0.2) is 43.1 Å². The van der Waals surface area contributed by atoms with E-state index in [-0.39, 0.29) is 10.7 Å². The van der Waals surface area contributed by atoms with Crippen LogP contribution in [0, 0.1) is 6.92 Å². The Morgan fingerprint density at radius 1 is 0.929 bits per heavy atom. The highest BCUT2D eigenvalue weighted by atomic mass is 32.1. The number of ether oxygens (including phenoxy) is 2. The van der Waals surface area contributed by atoms with Crippen molar-refractivity contribution in [1.82, 2.24) is 4.90 Å². The number of hydrogen-bond acceptors (Lipinski definition) is 5. The summed E-state index contributed by atoms with van der Waals surface area (Å²) in [6.45, 7) is 1.96. The number of amides is 2. The van der Waals surface area contributed by atoms with Crippen molar-refractivity contribution in [2.24, 2.45) is 0 Å². The molecule has 1 heterocycles. The van der Waals surface area contributed by atoms with E-state index < -0.39 is 11.8 Å². The second-order valence-electron chi connectivity index (χ2n) is 6.30. The molecule has 0 N–H and O–H groups in total. The van der Waals surface area contributed by atoms with E-state index in [1.165, 1.54) is 23.0 Å². The highest BCUT2D eigenvalue weighted by Gasteiger charge is 2.38. The van der Waals surface area contributed by atoms with Crippen LogP contribution in [0.2, 0.25) is 0 Å². The van der Waals surface area contributed by atoms with E-state index in [1.54, 1.807) is 44.5 Å². The number of likely N-dealkylation sites (N-methyl/N-ethyl adjacent to an activating group) is 1. The van der Waals surface area contributed by atoms with Crippen LogP contribution in [0.1, 0.15) is 11.1 Å². The van der Waals surface area contributed by atoms with Gasteiger partial charge in [0, 0.05) is 7.05 Å². The quantitative estimate of drug-likeness (QED) is 0.451. The molecule has 28 heavy (non-hydrogen) atoms. The maximum Gasteiger partial charge on any atom is 0.270 e. The Morgan fingerprint density at radius 2 is 1.57 bits per heavy atom. The molecule has 0 spiro atoms. The van der Waals surface area contributed by atoms with E-state index in [9.17, 15) is 9.59 Å². The fourth-order valence-corrected chi connectivity index (χ4v) is 3.14. The lowest BCUT2D eigenvalue weighted by Crippen LogP contribution is -2.54. The van der Waals surface area contributed by atoms with Gasteiger partial charge in [-0.05, 0) is 55.0 Å². The molecule has 0 aromatic heterocycles. The predicted octanol–water partition coefficient (Wildman–Crippen LogP) is 3.19. The zero-order chi connectivity index (χ0) is 20.4. The molecule has 1 aliphatic rings. The topological polar surface area (TPSA) is 59.1 Å². The fourth-order valence-electron chi connectivity index (χ4n) is 2.87. The minimum absolute atomic E-state index is 0.0175. The molecule has 3 rings (SSSR count). The lowest BCUT2D eigenvalue weighted by atomic mass is 10.1. The molecule has 7 heteroatoms. The maximum atomic E-state index is 13.1. The summed E-state index contributed by atoms with van der Waals surface area (Å²) in [6, 6.07) is 12.6. The molecule has 1 fully saturated rings. The van der Waals surface area contributed by atoms with Gasteiger partial charge in [-0.1, -0.05) is 23.8 Å². The van der Waals surface area contributed by atoms with E-state index in [4.69, 9.17) is 21.7 Å². The van der Waals surface area contributed by atoms with Crippen molar-refractivity contribution in [2.45, 2.75) is 6.92 Å². The van der Waals surface area contributed by atoms with Gasteiger partial charge >= 0.3 is 0 Å². The SMILES string of the molecule is COc1ccc(/C=C2\C(=O)N(C)C(=S)N(c3ccc(C)cc3)C2=O)cc1OC. The first-order valence-corrected chi connectivity index (χ1v) is 8.95. The van der Waals surface area contributed by atoms with Crippen LogP contribution in [0.25, 0.3) is 6.08 Å². The van der Waals surface area contributed by atoms with Gasteiger partial charge in [0.05, 0.1) is 19.9 Å². The molecule has 144 valence electrons. The highest BCUT2D eigenvalue weighted by molar-refractivity contribution is 7.80. The summed E-state index contributed by atoms with van der Waals surface area (Å²) >= 11 is 5.36. The monoisotopic (exact) mass is 396 g/mol. The number of benzene rings is 2. The van der Waals surface area contributed by atoms with Crippen LogP contribution in [0.5, 0.6) is 11.5 Å². The number of carbonyl (C=O) groups is 2. The summed E-state index contributed by atoms with van der Waals surface area (Å²) in [7, 11) is 4.62. The smallest absolute Gasteiger partial charge is 0.270 e. The summed E-state index contributed by atoms with van der Waals surface area (Å²) in [5, 5.41) is 0.142. The lowest BCUT2D eigenvalue weighted by Gasteiger charge is -2.34. The van der Waals surface area contributed by atoms with Gasteiger partial charge in [0.2, 0.25) is 0 Å². The van der Waals surface area contributed by atoms with Crippen LogP contribution in [0.3, 0.4) is 0 Å². The lowest BCUT2D eigenvalue weighted by molar-refractivity contribution is -0.127. The van der Waals surface area contributed by atoms with Gasteiger partial charge in [0.25, 0.3) is 11.8 Å². The first-order chi connectivity index (χ1) is 13.4. The molecule has 0 unspecified atom stereocenters. The van der Waals surface area contributed by atoms with Gasteiger partial charge in [-0.15, -0.1) is 0 Å². The molecule has 2 amide bonds. The number of aryl methyl sites for hydroxylation is 1. The Hall–Kier alpha value is -3.19. The minimum Gasteiger partial charge on any atom is -0.493 e. The Bertz CT molecular complexity index is 982. The van der Waals surface area contributed by atoms with Crippen molar-refractivity contribution in [3.05, 3.63) is 59.2 Å². The van der Waals surface area contributed by atoms with Gasteiger partial charge < -0.3 is 9.47 Å². The van der Waals surface area contributed by atoms with Gasteiger partial charge in [0.1, 0.15) is 5.57 Å². The summed E-state index contributed by atoms with van der Waals surface area (Å²) < 4.78 is 10.5. The molecular weight excluding hydrogens is 376 g/mol. The van der Waals surface area contributed by atoms with Crippen molar-refractivity contribution in [3.63, 3.8) is 0 Å². The largest absolute Gasteiger partial charge is 0.493 e. The minimum atomic E-state index is -0.466. The average Bonchev–Trinajstić information content (AvgIpc) is 2.71. The molecule has 6 nitrogen and oxygen atoms in total. The number of nitrogens with zero attached hydrogens (tertiary/aromatic N) is 2. The molecular formula is C21H20N2O4S. The summed E-state index contributed by atoms with van der Waals surface area (Å²) in [6.07, 6.45) is 1.53. The van der Waals surface area contributed by atoms with Gasteiger partial charge in [0.15, 0.2) is 16.6 Å². The predicted molar refractivity (Wildman–Crippen MR) is 112 cm³/mol. The van der Waals surface area contributed by atoms with Crippen LogP contribution < -0.4 is 14.4 Å². The number of hydrogen-bond donors (Lipinski definition) is 0. The molecule has 0 atom stereocenters. The number of carbonyl (C=O) groups excluding carboxylic acids is 2. The van der Waals surface area contributed by atoms with E-state index in [2.05, 4.69) is 0 Å². The van der Waals surface area contributed by atoms with E-state index >= 15 is 0 Å². The number of thiocarbonyl (C=S) groups is 1.